The van der Waals surface area contributed by atoms with Crippen molar-refractivity contribution in [2.45, 2.75) is 6.42 Å². The van der Waals surface area contributed by atoms with Gasteiger partial charge in [-0.2, -0.15) is 0 Å². The van der Waals surface area contributed by atoms with Gasteiger partial charge in [0.25, 0.3) is 5.91 Å². The van der Waals surface area contributed by atoms with Crippen LogP contribution in [-0.2, 0) is 6.42 Å². The molecule has 0 aliphatic rings. The summed E-state index contributed by atoms with van der Waals surface area (Å²) in [5.41, 5.74) is 7.50. The van der Waals surface area contributed by atoms with Gasteiger partial charge in [-0.3, -0.25) is 4.79 Å². The van der Waals surface area contributed by atoms with Crippen molar-refractivity contribution in [3.8, 4) is 0 Å². The number of nitrogens with one attached hydrogen (secondary N) is 1. The molecule has 1 amide bonds. The molecule has 5 heteroatoms. The van der Waals surface area contributed by atoms with Crippen LogP contribution in [-0.4, -0.2) is 12.5 Å². The number of carbonyl (C=O) groups excluding carboxylic acids is 1. The van der Waals surface area contributed by atoms with E-state index in [1.807, 2.05) is 24.3 Å². The van der Waals surface area contributed by atoms with Gasteiger partial charge < -0.3 is 15.5 Å². The predicted octanol–water partition coefficient (Wildman–Crippen LogP) is 2.60. The number of furan rings is 1. The Hall–Kier alpha value is -1.75. The smallest absolute Gasteiger partial charge is 0.287 e. The molecule has 3 N–H and O–H groups in total. The molecule has 4 nitrogen and oxygen atoms in total. The number of nitrogens with two attached hydrogens (primary N) is 1. The standard InChI is InChI=1S/C13H13BrN2O2/c14-12-5-4-11(18-12)13(17)16-7-6-9-2-1-3-10(15)8-9/h1-5,8H,6-7,15H2,(H,16,17). The molecular weight excluding hydrogens is 296 g/mol. The minimum Gasteiger partial charge on any atom is -0.444 e. The summed E-state index contributed by atoms with van der Waals surface area (Å²) < 4.78 is 5.70. The van der Waals surface area contributed by atoms with Gasteiger partial charge >= 0.3 is 0 Å². The Morgan fingerprint density at radius 1 is 1.33 bits per heavy atom. The summed E-state index contributed by atoms with van der Waals surface area (Å²) in [4.78, 5) is 11.7. The first-order valence-electron chi connectivity index (χ1n) is 5.53. The highest BCUT2D eigenvalue weighted by Crippen LogP contribution is 2.13. The van der Waals surface area contributed by atoms with Crippen LogP contribution in [0.25, 0.3) is 0 Å². The lowest BCUT2D eigenvalue weighted by atomic mass is 10.1. The highest BCUT2D eigenvalue weighted by molar-refractivity contribution is 9.10. The summed E-state index contributed by atoms with van der Waals surface area (Å²) in [6.07, 6.45) is 0.735. The van der Waals surface area contributed by atoms with Gasteiger partial charge in [0.05, 0.1) is 0 Å². The molecule has 94 valence electrons. The number of amides is 1. The van der Waals surface area contributed by atoms with E-state index in [9.17, 15) is 4.79 Å². The van der Waals surface area contributed by atoms with Crippen LogP contribution in [0.5, 0.6) is 0 Å². The Kier molecular flexibility index (Phi) is 4.04. The number of hydrogen-bond donors (Lipinski definition) is 2. The number of anilines is 1. The highest BCUT2D eigenvalue weighted by Gasteiger charge is 2.09. The first-order chi connectivity index (χ1) is 8.65. The van der Waals surface area contributed by atoms with E-state index in [-0.39, 0.29) is 5.91 Å². The molecule has 1 aromatic carbocycles. The third-order valence-electron chi connectivity index (χ3n) is 2.45. The summed E-state index contributed by atoms with van der Waals surface area (Å²) in [5.74, 6) is 0.0825. The van der Waals surface area contributed by atoms with Crippen molar-refractivity contribution < 1.29 is 9.21 Å². The van der Waals surface area contributed by atoms with E-state index in [4.69, 9.17) is 10.2 Å². The number of rotatable bonds is 4. The number of hydrogen-bond acceptors (Lipinski definition) is 3. The lowest BCUT2D eigenvalue weighted by Gasteiger charge is -2.04. The molecule has 0 bridgehead atoms. The van der Waals surface area contributed by atoms with Crippen molar-refractivity contribution in [1.29, 1.82) is 0 Å². The molecule has 0 spiro atoms. The number of carbonyl (C=O) groups is 1. The summed E-state index contributed by atoms with van der Waals surface area (Å²) in [5, 5.41) is 2.79. The van der Waals surface area contributed by atoms with E-state index in [1.54, 1.807) is 12.1 Å². The lowest BCUT2D eigenvalue weighted by molar-refractivity contribution is 0.0925. The average molecular weight is 309 g/mol. The first-order valence-corrected chi connectivity index (χ1v) is 6.32. The van der Waals surface area contributed by atoms with E-state index < -0.39 is 0 Å². The van der Waals surface area contributed by atoms with Gasteiger partial charge in [0.1, 0.15) is 0 Å². The summed E-state index contributed by atoms with van der Waals surface area (Å²) >= 11 is 3.15. The molecule has 18 heavy (non-hydrogen) atoms. The molecule has 0 saturated heterocycles. The fourth-order valence-corrected chi connectivity index (χ4v) is 1.90. The molecule has 0 atom stereocenters. The second kappa shape index (κ2) is 5.73. The second-order valence-corrected chi connectivity index (χ2v) is 4.64. The zero-order valence-electron chi connectivity index (χ0n) is 9.65. The maximum atomic E-state index is 11.7. The molecule has 2 aromatic rings. The summed E-state index contributed by atoms with van der Waals surface area (Å²) in [6, 6.07) is 10.9. The van der Waals surface area contributed by atoms with E-state index in [0.29, 0.717) is 17.0 Å². The van der Waals surface area contributed by atoms with Crippen LogP contribution in [0.2, 0.25) is 0 Å². The topological polar surface area (TPSA) is 68.3 Å². The third kappa shape index (κ3) is 3.37. The van der Waals surface area contributed by atoms with Crippen molar-refractivity contribution in [2.24, 2.45) is 0 Å². The SMILES string of the molecule is Nc1cccc(CCNC(=O)c2ccc(Br)o2)c1. The predicted molar refractivity (Wildman–Crippen MR) is 73.3 cm³/mol. The van der Waals surface area contributed by atoms with Gasteiger partial charge in [0, 0.05) is 12.2 Å². The molecule has 1 heterocycles. The van der Waals surface area contributed by atoms with E-state index in [2.05, 4.69) is 21.2 Å². The molecule has 0 aliphatic carbocycles. The quantitative estimate of drug-likeness (QED) is 0.853. The van der Waals surface area contributed by atoms with Gasteiger partial charge in [0.2, 0.25) is 0 Å². The Bertz CT molecular complexity index is 551. The Balaban J connectivity index is 1.84. The minimum atomic E-state index is -0.218. The zero-order chi connectivity index (χ0) is 13.0. The number of benzene rings is 1. The monoisotopic (exact) mass is 308 g/mol. The van der Waals surface area contributed by atoms with Gasteiger partial charge in [-0.15, -0.1) is 0 Å². The molecule has 0 radical (unpaired) electrons. The zero-order valence-corrected chi connectivity index (χ0v) is 11.2. The Morgan fingerprint density at radius 3 is 2.83 bits per heavy atom. The van der Waals surface area contributed by atoms with Gasteiger partial charge in [-0.05, 0) is 52.2 Å². The maximum absolute atomic E-state index is 11.7. The number of nitrogen functional groups attached to an aromatic ring is 1. The van der Waals surface area contributed by atoms with E-state index in [0.717, 1.165) is 17.7 Å². The largest absolute Gasteiger partial charge is 0.444 e. The molecule has 0 saturated carbocycles. The fourth-order valence-electron chi connectivity index (χ4n) is 1.59. The minimum absolute atomic E-state index is 0.218. The van der Waals surface area contributed by atoms with Crippen LogP contribution in [0.3, 0.4) is 0 Å². The van der Waals surface area contributed by atoms with Crippen LogP contribution < -0.4 is 11.1 Å². The Morgan fingerprint density at radius 2 is 2.17 bits per heavy atom. The molecular formula is C13H13BrN2O2. The van der Waals surface area contributed by atoms with Crippen LogP contribution in [0.15, 0.2) is 45.5 Å². The van der Waals surface area contributed by atoms with E-state index in [1.165, 1.54) is 0 Å². The molecule has 1 aromatic heterocycles. The normalized spacial score (nSPS) is 10.3. The fraction of sp³-hybridized carbons (Fsp3) is 0.154. The van der Waals surface area contributed by atoms with Gasteiger partial charge in [-0.1, -0.05) is 12.1 Å². The van der Waals surface area contributed by atoms with Crippen LogP contribution in [0.4, 0.5) is 5.69 Å². The van der Waals surface area contributed by atoms with Crippen molar-refractivity contribution in [3.05, 3.63) is 52.4 Å². The third-order valence-corrected chi connectivity index (χ3v) is 2.87. The second-order valence-electron chi connectivity index (χ2n) is 3.85. The molecule has 2 rings (SSSR count). The van der Waals surface area contributed by atoms with Gasteiger partial charge in [-0.25, -0.2) is 0 Å². The molecule has 0 fully saturated rings. The van der Waals surface area contributed by atoms with Crippen molar-refractivity contribution in [2.75, 3.05) is 12.3 Å². The maximum Gasteiger partial charge on any atom is 0.287 e. The summed E-state index contributed by atoms with van der Waals surface area (Å²) in [7, 11) is 0. The van der Waals surface area contributed by atoms with Gasteiger partial charge in [0.15, 0.2) is 10.4 Å². The van der Waals surface area contributed by atoms with E-state index >= 15 is 0 Å². The average Bonchev–Trinajstić information content (AvgIpc) is 2.76. The van der Waals surface area contributed by atoms with Crippen LogP contribution in [0, 0.1) is 0 Å². The van der Waals surface area contributed by atoms with Crippen molar-refractivity contribution >= 4 is 27.5 Å². The molecule has 0 aliphatic heterocycles. The number of halogens is 1. The highest BCUT2D eigenvalue weighted by atomic mass is 79.9. The first kappa shape index (κ1) is 12.7. The molecule has 0 unspecified atom stereocenters. The lowest BCUT2D eigenvalue weighted by Crippen LogP contribution is -2.25. The van der Waals surface area contributed by atoms with Crippen molar-refractivity contribution in [1.82, 2.24) is 5.32 Å². The summed E-state index contributed by atoms with van der Waals surface area (Å²) in [6.45, 7) is 0.542. The Labute approximate surface area is 113 Å². The van der Waals surface area contributed by atoms with Crippen LogP contribution >= 0.6 is 15.9 Å². The van der Waals surface area contributed by atoms with Crippen molar-refractivity contribution in [3.63, 3.8) is 0 Å². The van der Waals surface area contributed by atoms with Crippen LogP contribution in [0.1, 0.15) is 16.1 Å².